The fraction of sp³-hybridized carbons (Fsp3) is 0.667. The van der Waals surface area contributed by atoms with Crippen molar-refractivity contribution in [1.29, 1.82) is 0 Å². The van der Waals surface area contributed by atoms with Crippen LogP contribution in [0.1, 0.15) is 57.4 Å². The van der Waals surface area contributed by atoms with Crippen LogP contribution in [0.15, 0.2) is 30.3 Å². The molecule has 0 spiro atoms. The molecule has 1 heteroatoms. The third-order valence-electron chi connectivity index (χ3n) is 4.82. The molecule has 0 radical (unpaired) electrons. The van der Waals surface area contributed by atoms with E-state index in [1.165, 1.54) is 37.7 Å². The van der Waals surface area contributed by atoms with Crippen LogP contribution >= 0.6 is 0 Å². The zero-order valence-corrected chi connectivity index (χ0v) is 12.2. The predicted octanol–water partition coefficient (Wildman–Crippen LogP) is 4.59. The summed E-state index contributed by atoms with van der Waals surface area (Å²) in [6.07, 6.45) is 9.57. The van der Waals surface area contributed by atoms with Crippen molar-refractivity contribution in [1.82, 2.24) is 0 Å². The van der Waals surface area contributed by atoms with Crippen molar-refractivity contribution >= 4 is 0 Å². The van der Waals surface area contributed by atoms with Crippen molar-refractivity contribution in [3.8, 4) is 0 Å². The van der Waals surface area contributed by atoms with Crippen molar-refractivity contribution in [3.63, 3.8) is 0 Å². The van der Waals surface area contributed by atoms with Gasteiger partial charge in [-0.15, -0.1) is 0 Å². The summed E-state index contributed by atoms with van der Waals surface area (Å²) in [4.78, 5) is 0. The molecule has 106 valence electrons. The maximum absolute atomic E-state index is 10.3. The molecule has 1 aliphatic rings. The van der Waals surface area contributed by atoms with E-state index in [-0.39, 0.29) is 6.10 Å². The Morgan fingerprint density at radius 1 is 1.11 bits per heavy atom. The molecule has 19 heavy (non-hydrogen) atoms. The van der Waals surface area contributed by atoms with Gasteiger partial charge in [-0.25, -0.2) is 0 Å². The molecule has 0 bridgehead atoms. The number of hydrogen-bond acceptors (Lipinski definition) is 1. The summed E-state index contributed by atoms with van der Waals surface area (Å²) in [5.41, 5.74) is 1.39. The first-order chi connectivity index (χ1) is 9.29. The normalized spacial score (nSPS) is 25.2. The summed E-state index contributed by atoms with van der Waals surface area (Å²) in [5, 5.41) is 10.3. The molecule has 0 aromatic heterocycles. The van der Waals surface area contributed by atoms with Gasteiger partial charge in [-0.2, -0.15) is 0 Å². The second-order valence-electron chi connectivity index (χ2n) is 6.13. The molecule has 1 saturated carbocycles. The fourth-order valence-electron chi connectivity index (χ4n) is 3.38. The lowest BCUT2D eigenvalue weighted by Gasteiger charge is -2.31. The topological polar surface area (TPSA) is 20.2 Å². The van der Waals surface area contributed by atoms with E-state index in [1.807, 2.05) is 0 Å². The molecular weight excluding hydrogens is 232 g/mol. The molecule has 1 aliphatic carbocycles. The Bertz CT molecular complexity index is 338. The maximum atomic E-state index is 10.3. The molecule has 1 nitrogen and oxygen atoms in total. The van der Waals surface area contributed by atoms with Crippen LogP contribution in [0.5, 0.6) is 0 Å². The van der Waals surface area contributed by atoms with Gasteiger partial charge in [0.25, 0.3) is 0 Å². The molecule has 1 aromatic carbocycles. The molecule has 1 N–H and O–H groups in total. The average molecular weight is 260 g/mol. The minimum absolute atomic E-state index is 0.0680. The molecule has 1 fully saturated rings. The number of rotatable bonds is 6. The Hall–Kier alpha value is -0.820. The number of hydrogen-bond donors (Lipinski definition) is 1. The minimum Gasteiger partial charge on any atom is -0.393 e. The lowest BCUT2D eigenvalue weighted by Crippen LogP contribution is -2.25. The third kappa shape index (κ3) is 4.65. The lowest BCUT2D eigenvalue weighted by atomic mass is 9.77. The Kier molecular flexibility index (Phi) is 5.91. The molecule has 2 rings (SSSR count). The number of aliphatic hydroxyl groups is 1. The number of benzene rings is 1. The molecular formula is C18H28O. The monoisotopic (exact) mass is 260 g/mol. The zero-order valence-electron chi connectivity index (χ0n) is 12.2. The highest BCUT2D eigenvalue weighted by Crippen LogP contribution is 2.33. The van der Waals surface area contributed by atoms with E-state index in [0.29, 0.717) is 5.92 Å². The van der Waals surface area contributed by atoms with Gasteiger partial charge in [0, 0.05) is 0 Å². The van der Waals surface area contributed by atoms with Crippen molar-refractivity contribution in [3.05, 3.63) is 35.9 Å². The van der Waals surface area contributed by atoms with Gasteiger partial charge >= 0.3 is 0 Å². The Morgan fingerprint density at radius 3 is 2.42 bits per heavy atom. The van der Waals surface area contributed by atoms with Gasteiger partial charge in [-0.05, 0) is 49.5 Å². The summed E-state index contributed by atoms with van der Waals surface area (Å²) in [6, 6.07) is 10.6. The van der Waals surface area contributed by atoms with E-state index < -0.39 is 0 Å². The Morgan fingerprint density at radius 2 is 1.79 bits per heavy atom. The van der Waals surface area contributed by atoms with Gasteiger partial charge in [0.05, 0.1) is 6.10 Å². The first-order valence-electron chi connectivity index (χ1n) is 8.01. The Labute approximate surface area is 118 Å². The van der Waals surface area contributed by atoms with Crippen molar-refractivity contribution in [2.75, 3.05) is 0 Å². The summed E-state index contributed by atoms with van der Waals surface area (Å²) in [5.74, 6) is 1.49. The lowest BCUT2D eigenvalue weighted by molar-refractivity contribution is 0.0649. The smallest absolute Gasteiger partial charge is 0.0568 e. The largest absolute Gasteiger partial charge is 0.393 e. The van der Waals surface area contributed by atoms with Gasteiger partial charge in [-0.3, -0.25) is 0 Å². The SMILES string of the molecule is CCC1CCC(C(O)CCCc2ccccc2)CC1. The van der Waals surface area contributed by atoms with Crippen LogP contribution in [-0.4, -0.2) is 11.2 Å². The van der Waals surface area contributed by atoms with E-state index in [4.69, 9.17) is 0 Å². The Balaban J connectivity index is 1.66. The number of aliphatic hydroxyl groups excluding tert-OH is 1. The molecule has 0 saturated heterocycles. The summed E-state index contributed by atoms with van der Waals surface area (Å²) in [6.45, 7) is 2.29. The summed E-state index contributed by atoms with van der Waals surface area (Å²) in [7, 11) is 0. The van der Waals surface area contributed by atoms with E-state index in [9.17, 15) is 5.11 Å². The van der Waals surface area contributed by atoms with Crippen LogP contribution in [0.3, 0.4) is 0 Å². The molecule has 1 unspecified atom stereocenters. The van der Waals surface area contributed by atoms with Gasteiger partial charge in [0.1, 0.15) is 0 Å². The molecule has 0 amide bonds. The van der Waals surface area contributed by atoms with Gasteiger partial charge in [-0.1, -0.05) is 56.5 Å². The van der Waals surface area contributed by atoms with Crippen LogP contribution in [0, 0.1) is 11.8 Å². The van der Waals surface area contributed by atoms with Gasteiger partial charge in [0.15, 0.2) is 0 Å². The molecule has 0 aliphatic heterocycles. The second-order valence-corrected chi connectivity index (χ2v) is 6.13. The van der Waals surface area contributed by atoms with E-state index in [0.717, 1.165) is 25.2 Å². The van der Waals surface area contributed by atoms with Gasteiger partial charge < -0.3 is 5.11 Å². The van der Waals surface area contributed by atoms with E-state index in [2.05, 4.69) is 37.3 Å². The van der Waals surface area contributed by atoms with Crippen molar-refractivity contribution in [2.45, 2.75) is 64.4 Å². The van der Waals surface area contributed by atoms with Crippen LogP contribution in [0.2, 0.25) is 0 Å². The van der Waals surface area contributed by atoms with Crippen LogP contribution < -0.4 is 0 Å². The summed E-state index contributed by atoms with van der Waals surface area (Å²) >= 11 is 0. The predicted molar refractivity (Wildman–Crippen MR) is 81.1 cm³/mol. The molecule has 0 heterocycles. The average Bonchev–Trinajstić information content (AvgIpc) is 2.48. The number of aryl methyl sites for hydroxylation is 1. The highest BCUT2D eigenvalue weighted by Gasteiger charge is 2.25. The fourth-order valence-corrected chi connectivity index (χ4v) is 3.38. The molecule has 1 atom stereocenters. The van der Waals surface area contributed by atoms with Gasteiger partial charge in [0.2, 0.25) is 0 Å². The quantitative estimate of drug-likeness (QED) is 0.793. The maximum Gasteiger partial charge on any atom is 0.0568 e. The second kappa shape index (κ2) is 7.69. The van der Waals surface area contributed by atoms with Crippen LogP contribution in [-0.2, 0) is 6.42 Å². The standard InChI is InChI=1S/C18H28O/c1-2-15-11-13-17(14-12-15)18(19)10-6-9-16-7-4-3-5-8-16/h3-5,7-8,15,17-19H,2,6,9-14H2,1H3. The van der Waals surface area contributed by atoms with Crippen LogP contribution in [0.4, 0.5) is 0 Å². The first kappa shape index (κ1) is 14.6. The van der Waals surface area contributed by atoms with E-state index >= 15 is 0 Å². The third-order valence-corrected chi connectivity index (χ3v) is 4.82. The summed E-state index contributed by atoms with van der Waals surface area (Å²) < 4.78 is 0. The highest BCUT2D eigenvalue weighted by molar-refractivity contribution is 5.14. The zero-order chi connectivity index (χ0) is 13.5. The van der Waals surface area contributed by atoms with Crippen LogP contribution in [0.25, 0.3) is 0 Å². The molecule has 1 aromatic rings. The van der Waals surface area contributed by atoms with Crippen molar-refractivity contribution in [2.24, 2.45) is 11.8 Å². The minimum atomic E-state index is -0.0680. The first-order valence-corrected chi connectivity index (χ1v) is 8.01. The van der Waals surface area contributed by atoms with E-state index in [1.54, 1.807) is 0 Å². The highest BCUT2D eigenvalue weighted by atomic mass is 16.3. The van der Waals surface area contributed by atoms with Crippen molar-refractivity contribution < 1.29 is 5.11 Å².